The zero-order chi connectivity index (χ0) is 19.8. The quantitative estimate of drug-likeness (QED) is 0.694. The number of aromatic nitrogens is 2. The molecular formula is C17H13F2N3O4S. The highest BCUT2D eigenvalue weighted by molar-refractivity contribution is 7.92. The lowest BCUT2D eigenvalue weighted by Crippen LogP contribution is -2.18. The van der Waals surface area contributed by atoms with E-state index in [1.54, 1.807) is 6.07 Å². The number of carboxylic acid groups (broad SMARTS) is 1. The van der Waals surface area contributed by atoms with Crippen LogP contribution in [-0.4, -0.2) is 29.3 Å². The summed E-state index contributed by atoms with van der Waals surface area (Å²) in [5.74, 6) is -3.37. The van der Waals surface area contributed by atoms with E-state index in [1.807, 2.05) is 0 Å². The van der Waals surface area contributed by atoms with E-state index in [0.717, 1.165) is 18.2 Å². The highest BCUT2D eigenvalue weighted by Crippen LogP contribution is 2.28. The molecule has 0 bridgehead atoms. The molecule has 0 saturated heterocycles. The first kappa shape index (κ1) is 18.5. The van der Waals surface area contributed by atoms with E-state index in [2.05, 4.69) is 9.82 Å². The van der Waals surface area contributed by atoms with Gasteiger partial charge in [0.05, 0.1) is 16.1 Å². The first-order valence-electron chi connectivity index (χ1n) is 7.55. The Labute approximate surface area is 152 Å². The minimum Gasteiger partial charge on any atom is -0.478 e. The maximum Gasteiger partial charge on any atom is 0.335 e. The van der Waals surface area contributed by atoms with E-state index in [-0.39, 0.29) is 11.3 Å². The zero-order valence-electron chi connectivity index (χ0n) is 13.8. The van der Waals surface area contributed by atoms with Crippen LogP contribution in [0.15, 0.2) is 53.7 Å². The minimum atomic E-state index is -4.49. The second kappa shape index (κ2) is 6.80. The van der Waals surface area contributed by atoms with Gasteiger partial charge < -0.3 is 5.11 Å². The third-order valence-corrected chi connectivity index (χ3v) is 5.29. The largest absolute Gasteiger partial charge is 0.478 e. The molecule has 2 N–H and O–H groups in total. The Morgan fingerprint density at radius 2 is 1.93 bits per heavy atom. The lowest BCUT2D eigenvalue weighted by atomic mass is 10.1. The smallest absolute Gasteiger partial charge is 0.335 e. The molecular weight excluding hydrogens is 380 g/mol. The number of carboxylic acids is 1. The Kier molecular flexibility index (Phi) is 4.66. The molecule has 1 heterocycles. The predicted molar refractivity (Wildman–Crippen MR) is 92.4 cm³/mol. The predicted octanol–water partition coefficient (Wildman–Crippen LogP) is 2.96. The van der Waals surface area contributed by atoms with E-state index in [1.165, 1.54) is 36.1 Å². The summed E-state index contributed by atoms with van der Waals surface area (Å²) in [7, 11) is -4.49. The fourth-order valence-corrected chi connectivity index (χ4v) is 3.83. The van der Waals surface area contributed by atoms with Crippen LogP contribution in [-0.2, 0) is 10.0 Å². The van der Waals surface area contributed by atoms with Gasteiger partial charge in [0.2, 0.25) is 0 Å². The Hall–Kier alpha value is -3.27. The molecule has 0 spiro atoms. The van der Waals surface area contributed by atoms with Crippen molar-refractivity contribution in [2.24, 2.45) is 0 Å². The van der Waals surface area contributed by atoms with Crippen LogP contribution in [0.5, 0.6) is 0 Å². The second-order valence-electron chi connectivity index (χ2n) is 5.58. The SMILES string of the molecule is Cc1c(F)cc(C(=O)O)cc1S(=O)(=O)Nc1c(F)cccc1-n1cccn1. The fourth-order valence-electron chi connectivity index (χ4n) is 2.46. The van der Waals surface area contributed by atoms with Crippen LogP contribution in [0.2, 0.25) is 0 Å². The Morgan fingerprint density at radius 3 is 2.56 bits per heavy atom. The normalized spacial score (nSPS) is 11.4. The summed E-state index contributed by atoms with van der Waals surface area (Å²) in [6.45, 7) is 1.19. The molecule has 140 valence electrons. The fraction of sp³-hybridized carbons (Fsp3) is 0.0588. The summed E-state index contributed by atoms with van der Waals surface area (Å²) in [4.78, 5) is 10.5. The molecule has 3 aromatic rings. The molecule has 10 heteroatoms. The number of carbonyl (C=O) groups is 1. The molecule has 0 atom stereocenters. The third-order valence-electron chi connectivity index (χ3n) is 3.81. The van der Waals surface area contributed by atoms with Gasteiger partial charge in [-0.15, -0.1) is 0 Å². The van der Waals surface area contributed by atoms with Crippen molar-refractivity contribution in [3.05, 3.63) is 71.6 Å². The van der Waals surface area contributed by atoms with Gasteiger partial charge in [-0.2, -0.15) is 5.10 Å². The number of benzene rings is 2. The molecule has 0 saturated carbocycles. The third kappa shape index (κ3) is 3.51. The van der Waals surface area contributed by atoms with Gasteiger partial charge in [0.25, 0.3) is 10.0 Å². The summed E-state index contributed by atoms with van der Waals surface area (Å²) in [5, 5.41) is 13.0. The number of hydrogen-bond acceptors (Lipinski definition) is 4. The molecule has 27 heavy (non-hydrogen) atoms. The minimum absolute atomic E-state index is 0.107. The van der Waals surface area contributed by atoms with Gasteiger partial charge in [0.1, 0.15) is 17.3 Å². The molecule has 0 aliphatic heterocycles. The summed E-state index contributed by atoms with van der Waals surface area (Å²) in [5.41, 5.74) is -1.12. The number of aromatic carboxylic acids is 1. The molecule has 1 aromatic heterocycles. The Balaban J connectivity index is 2.14. The van der Waals surface area contributed by atoms with Gasteiger partial charge >= 0.3 is 5.97 Å². The second-order valence-corrected chi connectivity index (χ2v) is 7.23. The molecule has 0 unspecified atom stereocenters. The van der Waals surface area contributed by atoms with Gasteiger partial charge in [-0.1, -0.05) is 6.07 Å². The van der Waals surface area contributed by atoms with Crippen molar-refractivity contribution in [3.63, 3.8) is 0 Å². The molecule has 0 fully saturated rings. The number of anilines is 1. The number of hydrogen-bond donors (Lipinski definition) is 2. The number of rotatable bonds is 5. The Bertz CT molecular complexity index is 1130. The number of sulfonamides is 1. The van der Waals surface area contributed by atoms with Crippen molar-refractivity contribution in [2.75, 3.05) is 4.72 Å². The van der Waals surface area contributed by atoms with Gasteiger partial charge in [0, 0.05) is 18.0 Å². The van der Waals surface area contributed by atoms with Crippen LogP contribution >= 0.6 is 0 Å². The van der Waals surface area contributed by atoms with Crippen LogP contribution in [0.3, 0.4) is 0 Å². The first-order valence-corrected chi connectivity index (χ1v) is 9.04. The van der Waals surface area contributed by atoms with Gasteiger partial charge in [-0.25, -0.2) is 26.7 Å². The maximum absolute atomic E-state index is 14.3. The summed E-state index contributed by atoms with van der Waals surface area (Å²) in [6, 6.07) is 6.96. The van der Waals surface area contributed by atoms with Crippen LogP contribution in [0.4, 0.5) is 14.5 Å². The average Bonchev–Trinajstić information content (AvgIpc) is 3.12. The highest BCUT2D eigenvalue weighted by Gasteiger charge is 2.25. The molecule has 0 amide bonds. The summed E-state index contributed by atoms with van der Waals surface area (Å²) < 4.78 is 57.2. The maximum atomic E-state index is 14.3. The van der Waals surface area contributed by atoms with Gasteiger partial charge in [-0.05, 0) is 37.3 Å². The van der Waals surface area contributed by atoms with Gasteiger partial charge in [0.15, 0.2) is 0 Å². The molecule has 3 rings (SSSR count). The summed E-state index contributed by atoms with van der Waals surface area (Å²) in [6.07, 6.45) is 2.92. The van der Waals surface area contributed by atoms with Crippen LogP contribution in [0.25, 0.3) is 5.69 Å². The zero-order valence-corrected chi connectivity index (χ0v) is 14.7. The molecule has 0 aliphatic rings. The van der Waals surface area contributed by atoms with Crippen molar-refractivity contribution in [3.8, 4) is 5.69 Å². The van der Waals surface area contributed by atoms with E-state index < -0.39 is 43.8 Å². The average molecular weight is 393 g/mol. The van der Waals surface area contributed by atoms with Crippen LogP contribution in [0.1, 0.15) is 15.9 Å². The van der Waals surface area contributed by atoms with Crippen molar-refractivity contribution in [2.45, 2.75) is 11.8 Å². The van der Waals surface area contributed by atoms with E-state index in [0.29, 0.717) is 0 Å². The molecule has 2 aromatic carbocycles. The van der Waals surface area contributed by atoms with Crippen molar-refractivity contribution < 1.29 is 27.1 Å². The molecule has 0 radical (unpaired) electrons. The standard InChI is InChI=1S/C17H13F2N3O4S/c1-10-13(19)8-11(17(23)24)9-15(10)27(25,26)21-16-12(18)4-2-5-14(16)22-7-3-6-20-22/h2-9,21H,1H3,(H,23,24). The Morgan fingerprint density at radius 1 is 1.19 bits per heavy atom. The summed E-state index contributed by atoms with van der Waals surface area (Å²) >= 11 is 0. The highest BCUT2D eigenvalue weighted by atomic mass is 32.2. The topological polar surface area (TPSA) is 101 Å². The first-order chi connectivity index (χ1) is 12.7. The number of para-hydroxylation sites is 1. The number of nitrogens with one attached hydrogen (secondary N) is 1. The van der Waals surface area contributed by atoms with Crippen LogP contribution < -0.4 is 4.72 Å². The lowest BCUT2D eigenvalue weighted by Gasteiger charge is -2.15. The monoisotopic (exact) mass is 393 g/mol. The molecule has 0 aliphatic carbocycles. The van der Waals surface area contributed by atoms with E-state index in [9.17, 15) is 22.0 Å². The van der Waals surface area contributed by atoms with Crippen molar-refractivity contribution in [1.29, 1.82) is 0 Å². The number of halogens is 2. The van der Waals surface area contributed by atoms with Crippen LogP contribution in [0, 0.1) is 18.6 Å². The number of nitrogens with zero attached hydrogens (tertiary/aromatic N) is 2. The van der Waals surface area contributed by atoms with Crippen molar-refractivity contribution >= 4 is 21.7 Å². The van der Waals surface area contributed by atoms with E-state index >= 15 is 0 Å². The molecule has 7 nitrogen and oxygen atoms in total. The van der Waals surface area contributed by atoms with E-state index in [4.69, 9.17) is 5.11 Å². The van der Waals surface area contributed by atoms with Crippen molar-refractivity contribution in [1.82, 2.24) is 9.78 Å². The van der Waals surface area contributed by atoms with Gasteiger partial charge in [-0.3, -0.25) is 4.72 Å². The lowest BCUT2D eigenvalue weighted by molar-refractivity contribution is 0.0696.